The lowest BCUT2D eigenvalue weighted by molar-refractivity contribution is -0.121. The molecule has 1 aromatic carbocycles. The van der Waals surface area contributed by atoms with E-state index in [1.54, 1.807) is 0 Å². The van der Waals surface area contributed by atoms with E-state index in [9.17, 15) is 4.79 Å². The summed E-state index contributed by atoms with van der Waals surface area (Å²) in [4.78, 5) is 11.4. The Morgan fingerprint density at radius 3 is 2.80 bits per heavy atom. The highest BCUT2D eigenvalue weighted by atomic mass is 127. The van der Waals surface area contributed by atoms with Crippen molar-refractivity contribution in [2.45, 2.75) is 19.8 Å². The maximum atomic E-state index is 11.4. The van der Waals surface area contributed by atoms with E-state index in [0.29, 0.717) is 0 Å². The van der Waals surface area contributed by atoms with Crippen LogP contribution in [0, 0.1) is 16.4 Å². The topological polar surface area (TPSA) is 41.1 Å². The van der Waals surface area contributed by atoms with Crippen LogP contribution in [-0.4, -0.2) is 5.91 Å². The Kier molecular flexibility index (Phi) is 3.14. The molecule has 1 saturated carbocycles. The molecule has 0 atom stereocenters. The van der Waals surface area contributed by atoms with Crippen LogP contribution in [0.25, 0.3) is 0 Å². The summed E-state index contributed by atoms with van der Waals surface area (Å²) in [6.45, 7) is 2.05. The lowest BCUT2D eigenvalue weighted by atomic mass is 10.2. The average molecular weight is 316 g/mol. The fourth-order valence-electron chi connectivity index (χ4n) is 1.30. The van der Waals surface area contributed by atoms with Gasteiger partial charge in [0.1, 0.15) is 0 Å². The van der Waals surface area contributed by atoms with Gasteiger partial charge in [-0.3, -0.25) is 15.6 Å². The summed E-state index contributed by atoms with van der Waals surface area (Å²) in [6.07, 6.45) is 2.05. The van der Waals surface area contributed by atoms with Gasteiger partial charge in [-0.1, -0.05) is 6.07 Å². The van der Waals surface area contributed by atoms with Crippen molar-refractivity contribution in [2.75, 3.05) is 5.43 Å². The van der Waals surface area contributed by atoms with Crippen LogP contribution in [0.2, 0.25) is 0 Å². The Bertz CT molecular complexity index is 388. The van der Waals surface area contributed by atoms with Crippen LogP contribution in [0.1, 0.15) is 18.4 Å². The summed E-state index contributed by atoms with van der Waals surface area (Å²) >= 11 is 2.25. The largest absolute Gasteiger partial charge is 0.298 e. The van der Waals surface area contributed by atoms with Crippen molar-refractivity contribution in [3.63, 3.8) is 0 Å². The van der Waals surface area contributed by atoms with E-state index < -0.39 is 0 Å². The van der Waals surface area contributed by atoms with E-state index in [4.69, 9.17) is 0 Å². The second-order valence-corrected chi connectivity index (χ2v) is 5.03. The molecular formula is C11H13IN2O. The van der Waals surface area contributed by atoms with Gasteiger partial charge in [0.05, 0.1) is 5.69 Å². The number of anilines is 1. The van der Waals surface area contributed by atoms with Gasteiger partial charge in [0, 0.05) is 9.49 Å². The normalized spacial score (nSPS) is 14.8. The van der Waals surface area contributed by atoms with Crippen molar-refractivity contribution in [2.24, 2.45) is 5.92 Å². The highest BCUT2D eigenvalue weighted by Crippen LogP contribution is 2.28. The Balaban J connectivity index is 1.95. The zero-order chi connectivity index (χ0) is 10.8. The highest BCUT2D eigenvalue weighted by Gasteiger charge is 2.29. The van der Waals surface area contributed by atoms with Crippen molar-refractivity contribution in [3.8, 4) is 0 Å². The first-order valence-electron chi connectivity index (χ1n) is 4.99. The predicted molar refractivity (Wildman–Crippen MR) is 68.4 cm³/mol. The number of aryl methyl sites for hydroxylation is 1. The molecule has 0 aliphatic heterocycles. The molecule has 1 fully saturated rings. The number of carbonyl (C=O) groups is 1. The summed E-state index contributed by atoms with van der Waals surface area (Å²) < 4.78 is 1.11. The van der Waals surface area contributed by atoms with E-state index in [2.05, 4.69) is 46.4 Å². The number of rotatable bonds is 3. The zero-order valence-electron chi connectivity index (χ0n) is 8.51. The molecule has 0 unspecified atom stereocenters. The fourth-order valence-corrected chi connectivity index (χ4v) is 2.10. The van der Waals surface area contributed by atoms with Gasteiger partial charge >= 0.3 is 0 Å². The Hall–Kier alpha value is -0.780. The van der Waals surface area contributed by atoms with Crippen molar-refractivity contribution >= 4 is 34.2 Å². The molecule has 1 aromatic rings. The van der Waals surface area contributed by atoms with Gasteiger partial charge in [0.25, 0.3) is 0 Å². The minimum Gasteiger partial charge on any atom is -0.298 e. The predicted octanol–water partition coefficient (Wildman–Crippen LogP) is 2.45. The van der Waals surface area contributed by atoms with Crippen molar-refractivity contribution in [1.29, 1.82) is 0 Å². The summed E-state index contributed by atoms with van der Waals surface area (Å²) in [5, 5.41) is 0. The van der Waals surface area contributed by atoms with Crippen molar-refractivity contribution in [3.05, 3.63) is 27.3 Å². The first-order chi connectivity index (χ1) is 7.16. The van der Waals surface area contributed by atoms with E-state index in [-0.39, 0.29) is 11.8 Å². The number of carbonyl (C=O) groups excluding carboxylic acids is 1. The SMILES string of the molecule is Cc1ccc(NNC(=O)C2CC2)c(I)c1. The molecule has 4 heteroatoms. The number of halogens is 1. The molecule has 0 radical (unpaired) electrons. The molecule has 2 N–H and O–H groups in total. The van der Waals surface area contributed by atoms with E-state index in [0.717, 1.165) is 22.1 Å². The maximum absolute atomic E-state index is 11.4. The zero-order valence-corrected chi connectivity index (χ0v) is 10.7. The Labute approximate surface area is 103 Å². The molecule has 1 aliphatic carbocycles. The Morgan fingerprint density at radius 2 is 2.20 bits per heavy atom. The second-order valence-electron chi connectivity index (χ2n) is 3.87. The molecule has 3 nitrogen and oxygen atoms in total. The van der Waals surface area contributed by atoms with Gasteiger partial charge in [-0.05, 0) is 60.1 Å². The molecular weight excluding hydrogens is 303 g/mol. The molecule has 0 bridgehead atoms. The molecule has 80 valence electrons. The lowest BCUT2D eigenvalue weighted by Crippen LogP contribution is -2.30. The van der Waals surface area contributed by atoms with Crippen molar-refractivity contribution < 1.29 is 4.79 Å². The number of nitrogens with one attached hydrogen (secondary N) is 2. The first-order valence-corrected chi connectivity index (χ1v) is 6.07. The number of amides is 1. The maximum Gasteiger partial charge on any atom is 0.241 e. The van der Waals surface area contributed by atoms with Gasteiger partial charge < -0.3 is 0 Å². The molecule has 1 amide bonds. The summed E-state index contributed by atoms with van der Waals surface area (Å²) in [5.74, 6) is 0.340. The third kappa shape index (κ3) is 2.84. The smallest absolute Gasteiger partial charge is 0.241 e. The monoisotopic (exact) mass is 316 g/mol. The number of benzene rings is 1. The van der Waals surface area contributed by atoms with Gasteiger partial charge in [-0.15, -0.1) is 0 Å². The van der Waals surface area contributed by atoms with Crippen LogP contribution < -0.4 is 10.9 Å². The van der Waals surface area contributed by atoms with Crippen LogP contribution in [0.15, 0.2) is 18.2 Å². The second kappa shape index (κ2) is 4.38. The third-order valence-electron chi connectivity index (χ3n) is 2.39. The van der Waals surface area contributed by atoms with Crippen LogP contribution in [0.4, 0.5) is 5.69 Å². The molecule has 0 heterocycles. The minimum absolute atomic E-state index is 0.103. The van der Waals surface area contributed by atoms with E-state index in [1.165, 1.54) is 5.56 Å². The number of hydrogen-bond donors (Lipinski definition) is 2. The lowest BCUT2D eigenvalue weighted by Gasteiger charge is -2.10. The first kappa shape index (κ1) is 10.7. The van der Waals surface area contributed by atoms with Gasteiger partial charge in [-0.25, -0.2) is 0 Å². The molecule has 15 heavy (non-hydrogen) atoms. The molecule has 0 aromatic heterocycles. The summed E-state index contributed by atoms with van der Waals surface area (Å²) in [7, 11) is 0. The van der Waals surface area contributed by atoms with Crippen LogP contribution in [-0.2, 0) is 4.79 Å². The molecule has 0 spiro atoms. The van der Waals surface area contributed by atoms with Crippen LogP contribution in [0.3, 0.4) is 0 Å². The van der Waals surface area contributed by atoms with Crippen LogP contribution >= 0.6 is 22.6 Å². The average Bonchev–Trinajstić information content (AvgIpc) is 2.99. The van der Waals surface area contributed by atoms with Gasteiger partial charge in [0.15, 0.2) is 0 Å². The van der Waals surface area contributed by atoms with Crippen LogP contribution in [0.5, 0.6) is 0 Å². The summed E-state index contributed by atoms with van der Waals surface area (Å²) in [6, 6.07) is 6.07. The standard InChI is InChI=1S/C11H13IN2O/c1-7-2-5-10(9(12)6-7)13-14-11(15)8-3-4-8/h2,5-6,8,13H,3-4H2,1H3,(H,14,15). The van der Waals surface area contributed by atoms with Gasteiger partial charge in [0.2, 0.25) is 5.91 Å². The van der Waals surface area contributed by atoms with Crippen molar-refractivity contribution in [1.82, 2.24) is 5.43 Å². The van der Waals surface area contributed by atoms with Gasteiger partial charge in [-0.2, -0.15) is 0 Å². The summed E-state index contributed by atoms with van der Waals surface area (Å²) in [5.41, 5.74) is 7.86. The molecule has 0 saturated heterocycles. The van der Waals surface area contributed by atoms with E-state index >= 15 is 0 Å². The minimum atomic E-state index is 0.103. The quantitative estimate of drug-likeness (QED) is 0.664. The third-order valence-corrected chi connectivity index (χ3v) is 3.29. The Morgan fingerprint density at radius 1 is 1.47 bits per heavy atom. The number of hydrazine groups is 1. The highest BCUT2D eigenvalue weighted by molar-refractivity contribution is 14.1. The molecule has 1 aliphatic rings. The van der Waals surface area contributed by atoms with E-state index in [1.807, 2.05) is 12.1 Å². The fraction of sp³-hybridized carbons (Fsp3) is 0.364. The molecule has 2 rings (SSSR count). The number of hydrogen-bond acceptors (Lipinski definition) is 2.